The number of carbonyl (C=O) groups excluding carboxylic acids is 1. The van der Waals surface area contributed by atoms with Gasteiger partial charge in [0.05, 0.1) is 24.2 Å². The molecule has 178 valence electrons. The number of methoxy groups -OCH3 is 1. The fourth-order valence-electron chi connectivity index (χ4n) is 4.29. The van der Waals surface area contributed by atoms with E-state index >= 15 is 0 Å². The van der Waals surface area contributed by atoms with Crippen molar-refractivity contribution in [1.82, 2.24) is 0 Å². The van der Waals surface area contributed by atoms with Crippen LogP contribution in [-0.2, 0) is 16.0 Å². The van der Waals surface area contributed by atoms with E-state index in [4.69, 9.17) is 14.9 Å². The molecule has 0 unspecified atom stereocenters. The lowest BCUT2D eigenvalue weighted by molar-refractivity contribution is -0.132. The van der Waals surface area contributed by atoms with E-state index in [9.17, 15) is 4.79 Å². The van der Waals surface area contributed by atoms with Crippen LogP contribution in [0.1, 0.15) is 30.9 Å². The lowest BCUT2D eigenvalue weighted by Crippen LogP contribution is -2.56. The average molecular weight is 549 g/mol. The van der Waals surface area contributed by atoms with Gasteiger partial charge in [-0.05, 0) is 72.1 Å². The minimum atomic E-state index is -0.758. The monoisotopic (exact) mass is 548 g/mol. The number of para-hydroxylation sites is 1. The Kier molecular flexibility index (Phi) is 6.67. The maximum atomic E-state index is 12.6. The number of rotatable bonds is 5. The maximum absolute atomic E-state index is 12.6. The molecule has 0 saturated heterocycles. The molecule has 0 aliphatic carbocycles. The molecule has 6 nitrogen and oxygen atoms in total. The van der Waals surface area contributed by atoms with E-state index in [-0.39, 0.29) is 0 Å². The average Bonchev–Trinajstić information content (AvgIpc) is 3.29. The van der Waals surface area contributed by atoms with Crippen molar-refractivity contribution in [3.8, 4) is 0 Å². The molecule has 2 aliphatic heterocycles. The zero-order valence-corrected chi connectivity index (χ0v) is 21.9. The Hall–Kier alpha value is -3.10. The van der Waals surface area contributed by atoms with Crippen LogP contribution in [-0.4, -0.2) is 28.8 Å². The third-order valence-corrected chi connectivity index (χ3v) is 8.00. The van der Waals surface area contributed by atoms with Crippen molar-refractivity contribution in [1.29, 1.82) is 0 Å². The number of anilines is 2. The molecule has 8 heteroatoms. The Bertz CT molecular complexity index is 1280. The van der Waals surface area contributed by atoms with Gasteiger partial charge in [-0.3, -0.25) is 0 Å². The third-order valence-electron chi connectivity index (χ3n) is 6.15. The van der Waals surface area contributed by atoms with Crippen molar-refractivity contribution in [2.45, 2.75) is 31.2 Å². The number of nitrogens with zero attached hydrogens (tertiary/aromatic N) is 4. The highest BCUT2D eigenvalue weighted by molar-refractivity contribution is 9.10. The molecule has 0 saturated carbocycles. The van der Waals surface area contributed by atoms with Crippen LogP contribution >= 0.6 is 27.7 Å². The van der Waals surface area contributed by atoms with Gasteiger partial charge in [0, 0.05) is 10.9 Å². The summed E-state index contributed by atoms with van der Waals surface area (Å²) in [5, 5.41) is 14.1. The summed E-state index contributed by atoms with van der Waals surface area (Å²) in [6.45, 7) is 2.15. The quantitative estimate of drug-likeness (QED) is 0.345. The largest absolute Gasteiger partial charge is 0.464 e. The molecular weight excluding hydrogens is 524 g/mol. The molecular formula is C27H25BrN4O2S. The maximum Gasteiger partial charge on any atom is 0.365 e. The van der Waals surface area contributed by atoms with Gasteiger partial charge >= 0.3 is 5.97 Å². The molecule has 1 spiro atoms. The standard InChI is InChI=1S/C27H25BrN4O2S/c1-3-19-9-11-20(12-10-19)24-17-18-27(31(29-24)22-7-5-4-6-8-22)32(23-15-13-21(28)14-16-23)30-25(35-27)26(33)34-2/h4-16H,3,17-18H2,1-2H3/t27-/m0/s1. The van der Waals surface area contributed by atoms with Gasteiger partial charge in [0.1, 0.15) is 0 Å². The number of benzene rings is 3. The molecule has 3 aromatic rings. The molecule has 0 aromatic heterocycles. The summed E-state index contributed by atoms with van der Waals surface area (Å²) in [6.07, 6.45) is 2.43. The molecule has 0 bridgehead atoms. The highest BCUT2D eigenvalue weighted by Gasteiger charge is 2.53. The summed E-state index contributed by atoms with van der Waals surface area (Å²) < 4.78 is 6.02. The lowest BCUT2D eigenvalue weighted by atomic mass is 10.0. The first-order chi connectivity index (χ1) is 17.0. The molecule has 35 heavy (non-hydrogen) atoms. The number of hydrogen-bond donors (Lipinski definition) is 0. The zero-order valence-electron chi connectivity index (χ0n) is 19.5. The van der Waals surface area contributed by atoms with E-state index in [2.05, 4.69) is 47.1 Å². The van der Waals surface area contributed by atoms with Gasteiger partial charge in [0.25, 0.3) is 0 Å². The molecule has 5 rings (SSSR count). The van der Waals surface area contributed by atoms with Crippen molar-refractivity contribution >= 4 is 55.8 Å². The fraction of sp³-hybridized carbons (Fsp3) is 0.222. The minimum absolute atomic E-state index is 0.308. The second-order valence-corrected chi connectivity index (χ2v) is 10.4. The highest BCUT2D eigenvalue weighted by atomic mass is 79.9. The van der Waals surface area contributed by atoms with E-state index in [0.717, 1.165) is 40.0 Å². The van der Waals surface area contributed by atoms with Crippen molar-refractivity contribution < 1.29 is 9.53 Å². The first-order valence-electron chi connectivity index (χ1n) is 11.5. The smallest absolute Gasteiger partial charge is 0.365 e. The van der Waals surface area contributed by atoms with Gasteiger partial charge in [-0.1, -0.05) is 65.3 Å². The number of ether oxygens (including phenoxy) is 1. The van der Waals surface area contributed by atoms with Crippen molar-refractivity contribution in [2.24, 2.45) is 10.2 Å². The Morgan fingerprint density at radius 3 is 2.29 bits per heavy atom. The van der Waals surface area contributed by atoms with E-state index in [0.29, 0.717) is 11.5 Å². The van der Waals surface area contributed by atoms with Crippen molar-refractivity contribution in [3.05, 3.63) is 94.5 Å². The van der Waals surface area contributed by atoms with Crippen molar-refractivity contribution in [3.63, 3.8) is 0 Å². The van der Waals surface area contributed by atoms with Crippen LogP contribution in [0.15, 0.2) is 93.5 Å². The number of aryl methyl sites for hydroxylation is 1. The Morgan fingerprint density at radius 1 is 0.971 bits per heavy atom. The zero-order chi connectivity index (χ0) is 24.4. The Morgan fingerprint density at radius 2 is 1.63 bits per heavy atom. The normalized spacial score (nSPS) is 19.5. The van der Waals surface area contributed by atoms with Crippen LogP contribution in [0.25, 0.3) is 0 Å². The van der Waals surface area contributed by atoms with Gasteiger partial charge in [-0.2, -0.15) is 10.2 Å². The van der Waals surface area contributed by atoms with Gasteiger partial charge in [0.15, 0.2) is 0 Å². The number of thioether (sulfide) groups is 1. The van der Waals surface area contributed by atoms with E-state index in [1.807, 2.05) is 64.6 Å². The Labute approximate surface area is 217 Å². The summed E-state index contributed by atoms with van der Waals surface area (Å²) in [7, 11) is 1.38. The first kappa shape index (κ1) is 23.6. The summed E-state index contributed by atoms with van der Waals surface area (Å²) >= 11 is 4.90. The van der Waals surface area contributed by atoms with Crippen LogP contribution in [0, 0.1) is 0 Å². The third kappa shape index (κ3) is 4.48. The Balaban J connectivity index is 1.64. The SMILES string of the molecule is CCc1ccc(C2=NN(c3ccccc3)[C@]3(CC2)SC(C(=O)OC)=NN3c2ccc(Br)cc2)cc1. The van der Waals surface area contributed by atoms with Crippen LogP contribution in [0.3, 0.4) is 0 Å². The predicted octanol–water partition coefficient (Wildman–Crippen LogP) is 6.41. The number of hydrazone groups is 2. The first-order valence-corrected chi connectivity index (χ1v) is 13.1. The van der Waals surface area contributed by atoms with Gasteiger partial charge in [-0.25, -0.2) is 14.8 Å². The van der Waals surface area contributed by atoms with Crippen LogP contribution < -0.4 is 10.0 Å². The number of halogens is 1. The lowest BCUT2D eigenvalue weighted by Gasteiger charge is -2.46. The molecule has 0 amide bonds. The van der Waals surface area contributed by atoms with Gasteiger partial charge in [-0.15, -0.1) is 0 Å². The molecule has 2 aliphatic rings. The van der Waals surface area contributed by atoms with Gasteiger partial charge < -0.3 is 4.74 Å². The summed E-state index contributed by atoms with van der Waals surface area (Å²) in [6, 6.07) is 26.6. The highest BCUT2D eigenvalue weighted by Crippen LogP contribution is 2.50. The minimum Gasteiger partial charge on any atom is -0.464 e. The van der Waals surface area contributed by atoms with Crippen LogP contribution in [0.5, 0.6) is 0 Å². The number of esters is 1. The molecule has 3 aromatic carbocycles. The predicted molar refractivity (Wildman–Crippen MR) is 147 cm³/mol. The molecule has 1 atom stereocenters. The topological polar surface area (TPSA) is 57.5 Å². The summed E-state index contributed by atoms with van der Waals surface area (Å²) in [5.41, 5.74) is 5.19. The molecule has 0 fully saturated rings. The molecule has 0 radical (unpaired) electrons. The molecule has 0 N–H and O–H groups in total. The second kappa shape index (κ2) is 9.87. The van der Waals surface area contributed by atoms with E-state index in [1.165, 1.54) is 24.4 Å². The fourth-order valence-corrected chi connectivity index (χ4v) is 5.82. The molecule has 2 heterocycles. The van der Waals surface area contributed by atoms with Gasteiger partial charge in [0.2, 0.25) is 10.0 Å². The second-order valence-electron chi connectivity index (χ2n) is 8.27. The summed E-state index contributed by atoms with van der Waals surface area (Å²) in [4.78, 5) is 11.8. The number of carbonyl (C=O) groups is 1. The van der Waals surface area contributed by atoms with Crippen LogP contribution in [0.4, 0.5) is 11.4 Å². The number of hydrogen-bond acceptors (Lipinski definition) is 7. The van der Waals surface area contributed by atoms with E-state index < -0.39 is 11.0 Å². The summed E-state index contributed by atoms with van der Waals surface area (Å²) in [5.74, 6) is -0.452. The van der Waals surface area contributed by atoms with E-state index in [1.54, 1.807) is 0 Å². The van der Waals surface area contributed by atoms with Crippen LogP contribution in [0.2, 0.25) is 0 Å². The van der Waals surface area contributed by atoms with Crippen molar-refractivity contribution in [2.75, 3.05) is 17.1 Å².